The van der Waals surface area contributed by atoms with Gasteiger partial charge in [-0.15, -0.1) is 11.3 Å². The number of fused-ring (bicyclic) bond motifs is 9. The van der Waals surface area contributed by atoms with Gasteiger partial charge in [-0.05, 0) is 82.9 Å². The van der Waals surface area contributed by atoms with E-state index in [4.69, 9.17) is 8.83 Å². The maximum absolute atomic E-state index is 6.51. The molecule has 0 amide bonds. The summed E-state index contributed by atoms with van der Waals surface area (Å²) in [6.45, 7) is 0. The summed E-state index contributed by atoms with van der Waals surface area (Å²) in [6, 6.07) is 62.5. The van der Waals surface area contributed by atoms with Gasteiger partial charge < -0.3 is 13.7 Å². The van der Waals surface area contributed by atoms with Gasteiger partial charge in [-0.3, -0.25) is 0 Å². The van der Waals surface area contributed by atoms with E-state index in [-0.39, 0.29) is 0 Å². The van der Waals surface area contributed by atoms with Crippen molar-refractivity contribution < 1.29 is 8.83 Å². The highest BCUT2D eigenvalue weighted by molar-refractivity contribution is 7.26. The lowest BCUT2D eigenvalue weighted by molar-refractivity contribution is 0.668. The summed E-state index contributed by atoms with van der Waals surface area (Å²) in [5, 5.41) is 6.88. The molecule has 4 heteroatoms. The van der Waals surface area contributed by atoms with Crippen molar-refractivity contribution >= 4 is 92.4 Å². The van der Waals surface area contributed by atoms with Crippen LogP contribution in [0.5, 0.6) is 0 Å². The van der Waals surface area contributed by atoms with Crippen LogP contribution in [-0.2, 0) is 0 Å². The molecule has 0 spiro atoms. The molecule has 0 bridgehead atoms. The first-order valence-electron chi connectivity index (χ1n) is 17.5. The highest BCUT2D eigenvalue weighted by atomic mass is 32.1. The van der Waals surface area contributed by atoms with Crippen molar-refractivity contribution in [2.24, 2.45) is 0 Å². The Bertz CT molecular complexity index is 3130. The lowest BCUT2D eigenvalue weighted by atomic mass is 9.98. The molecule has 0 aliphatic carbocycles. The summed E-state index contributed by atoms with van der Waals surface area (Å²) in [6.07, 6.45) is 0. The number of thiophene rings is 1. The molecule has 0 fully saturated rings. The van der Waals surface area contributed by atoms with Crippen LogP contribution in [0.1, 0.15) is 0 Å². The fourth-order valence-corrected chi connectivity index (χ4v) is 9.19. The smallest absolute Gasteiger partial charge is 0.136 e. The van der Waals surface area contributed by atoms with Crippen molar-refractivity contribution in [3.05, 3.63) is 176 Å². The summed E-state index contributed by atoms with van der Waals surface area (Å²) in [7, 11) is 0. The van der Waals surface area contributed by atoms with Crippen LogP contribution in [0.2, 0.25) is 0 Å². The zero-order valence-corrected chi connectivity index (χ0v) is 28.7. The van der Waals surface area contributed by atoms with Crippen molar-refractivity contribution in [1.29, 1.82) is 0 Å². The number of furan rings is 2. The van der Waals surface area contributed by atoms with E-state index in [1.54, 1.807) is 0 Å². The molecule has 0 atom stereocenters. The van der Waals surface area contributed by atoms with Crippen LogP contribution in [0.4, 0.5) is 17.1 Å². The Morgan fingerprint density at radius 1 is 0.385 bits per heavy atom. The molecule has 0 unspecified atom stereocenters. The predicted octanol–water partition coefficient (Wildman–Crippen LogP) is 14.7. The Morgan fingerprint density at radius 2 is 0.981 bits per heavy atom. The number of benzene rings is 8. The lowest BCUT2D eigenvalue weighted by Gasteiger charge is -2.27. The van der Waals surface area contributed by atoms with E-state index in [2.05, 4.69) is 169 Å². The highest BCUT2D eigenvalue weighted by Gasteiger charge is 2.23. The molecule has 3 heterocycles. The monoisotopic (exact) mass is 683 g/mol. The molecule has 0 aliphatic heterocycles. The molecule has 8 aromatic carbocycles. The van der Waals surface area contributed by atoms with E-state index in [0.717, 1.165) is 66.5 Å². The minimum atomic E-state index is 0.865. The minimum absolute atomic E-state index is 0.865. The Morgan fingerprint density at radius 3 is 1.77 bits per heavy atom. The maximum atomic E-state index is 6.51. The predicted molar refractivity (Wildman–Crippen MR) is 219 cm³/mol. The van der Waals surface area contributed by atoms with Gasteiger partial charge in [0.25, 0.3) is 0 Å². The molecule has 11 rings (SSSR count). The summed E-state index contributed by atoms with van der Waals surface area (Å²) < 4.78 is 15.3. The summed E-state index contributed by atoms with van der Waals surface area (Å²) in [5.41, 5.74) is 11.5. The van der Waals surface area contributed by atoms with Crippen molar-refractivity contribution in [3.63, 3.8) is 0 Å². The van der Waals surface area contributed by atoms with E-state index in [1.807, 2.05) is 23.5 Å². The van der Waals surface area contributed by atoms with Crippen molar-refractivity contribution in [3.8, 4) is 22.3 Å². The number of rotatable bonds is 5. The third-order valence-electron chi connectivity index (χ3n) is 10.3. The van der Waals surface area contributed by atoms with Crippen molar-refractivity contribution in [2.75, 3.05) is 4.90 Å². The van der Waals surface area contributed by atoms with Crippen molar-refractivity contribution in [2.45, 2.75) is 0 Å². The zero-order valence-electron chi connectivity index (χ0n) is 27.9. The van der Waals surface area contributed by atoms with Gasteiger partial charge >= 0.3 is 0 Å². The Hall–Kier alpha value is -6.62. The Kier molecular flexibility index (Phi) is 6.42. The second kappa shape index (κ2) is 11.5. The standard InChI is InChI=1S/C48H29NO2S/c1-3-12-30(13-4-1)34-18-11-20-44-46(34)39-29-33(23-27-43(39)51-44)49(32-22-26-42-38(28-32)36-16-7-9-19-41(36)50-42)40-25-24-35(31-14-5-2-6-15-31)48-47(40)37-17-8-10-21-45(37)52-48/h1-29H. The van der Waals surface area contributed by atoms with E-state index in [0.29, 0.717) is 0 Å². The third kappa shape index (κ3) is 4.45. The molecule has 3 nitrogen and oxygen atoms in total. The van der Waals surface area contributed by atoms with Crippen molar-refractivity contribution in [1.82, 2.24) is 0 Å². The average molecular weight is 684 g/mol. The van der Waals surface area contributed by atoms with Gasteiger partial charge in [-0.1, -0.05) is 115 Å². The molecular formula is C48H29NO2S. The minimum Gasteiger partial charge on any atom is -0.456 e. The second-order valence-corrected chi connectivity index (χ2v) is 14.3. The van der Waals surface area contributed by atoms with Crippen LogP contribution in [0.3, 0.4) is 0 Å². The van der Waals surface area contributed by atoms with Crippen LogP contribution in [0.15, 0.2) is 185 Å². The van der Waals surface area contributed by atoms with E-state index >= 15 is 0 Å². The first kappa shape index (κ1) is 29.1. The van der Waals surface area contributed by atoms with Crippen LogP contribution >= 0.6 is 11.3 Å². The summed E-state index contributed by atoms with van der Waals surface area (Å²) >= 11 is 1.86. The number of hydrogen-bond acceptors (Lipinski definition) is 4. The fourth-order valence-electron chi connectivity index (χ4n) is 7.93. The van der Waals surface area contributed by atoms with Gasteiger partial charge in [0.1, 0.15) is 22.3 Å². The van der Waals surface area contributed by atoms with Crippen LogP contribution in [-0.4, -0.2) is 0 Å². The molecule has 244 valence electrons. The molecule has 0 radical (unpaired) electrons. The molecule has 0 N–H and O–H groups in total. The average Bonchev–Trinajstić information content (AvgIpc) is 3.90. The summed E-state index contributed by atoms with van der Waals surface area (Å²) in [4.78, 5) is 2.42. The molecule has 0 aliphatic rings. The van der Waals surface area contributed by atoms with Gasteiger partial charge in [0.15, 0.2) is 0 Å². The van der Waals surface area contributed by atoms with Crippen LogP contribution in [0, 0.1) is 0 Å². The zero-order chi connectivity index (χ0) is 34.2. The number of para-hydroxylation sites is 1. The van der Waals surface area contributed by atoms with E-state index < -0.39 is 0 Å². The third-order valence-corrected chi connectivity index (χ3v) is 11.5. The molecule has 3 aromatic heterocycles. The number of anilines is 3. The molecule has 11 aromatic rings. The Balaban J connectivity index is 1.23. The van der Waals surface area contributed by atoms with Gasteiger partial charge in [0.05, 0.1) is 5.69 Å². The van der Waals surface area contributed by atoms with Gasteiger partial charge in [-0.2, -0.15) is 0 Å². The molecule has 0 saturated carbocycles. The molecule has 52 heavy (non-hydrogen) atoms. The van der Waals surface area contributed by atoms with E-state index in [9.17, 15) is 0 Å². The van der Waals surface area contributed by atoms with Crippen LogP contribution < -0.4 is 4.90 Å². The lowest BCUT2D eigenvalue weighted by Crippen LogP contribution is -2.10. The van der Waals surface area contributed by atoms with Gasteiger partial charge in [-0.25, -0.2) is 0 Å². The SMILES string of the molecule is c1ccc(-c2ccc(N(c3ccc4oc5ccccc5c4c3)c3ccc4oc5cccc(-c6ccccc6)c5c4c3)c3c2sc2ccccc23)cc1. The largest absolute Gasteiger partial charge is 0.456 e. The van der Waals surface area contributed by atoms with E-state index in [1.165, 1.54) is 36.9 Å². The first-order chi connectivity index (χ1) is 25.8. The van der Waals surface area contributed by atoms with Gasteiger partial charge in [0, 0.05) is 53.1 Å². The van der Waals surface area contributed by atoms with Gasteiger partial charge in [0.2, 0.25) is 0 Å². The number of nitrogens with zero attached hydrogens (tertiary/aromatic N) is 1. The maximum Gasteiger partial charge on any atom is 0.136 e. The Labute approximate surface area is 303 Å². The molecule has 0 saturated heterocycles. The first-order valence-corrected chi connectivity index (χ1v) is 18.3. The second-order valence-electron chi connectivity index (χ2n) is 13.2. The normalized spacial score (nSPS) is 11.8. The topological polar surface area (TPSA) is 29.5 Å². The molecular weight excluding hydrogens is 655 g/mol. The number of hydrogen-bond donors (Lipinski definition) is 0. The highest BCUT2D eigenvalue weighted by Crippen LogP contribution is 2.50. The van der Waals surface area contributed by atoms with Crippen LogP contribution in [0.25, 0.3) is 86.3 Å². The summed E-state index contributed by atoms with van der Waals surface area (Å²) in [5.74, 6) is 0. The quantitative estimate of drug-likeness (QED) is 0.181. The fraction of sp³-hybridized carbons (Fsp3) is 0.